The number of carbonyl (C=O) groups is 1. The molecular weight excluding hydrogens is 222 g/mol. The van der Waals surface area contributed by atoms with E-state index in [4.69, 9.17) is 5.11 Å². The van der Waals surface area contributed by atoms with Crippen LogP contribution in [0.15, 0.2) is 30.6 Å². The summed E-state index contributed by atoms with van der Waals surface area (Å²) in [5.41, 5.74) is 0. The van der Waals surface area contributed by atoms with Gasteiger partial charge >= 0.3 is 5.97 Å². The first-order chi connectivity index (χ1) is 5.29. The van der Waals surface area contributed by atoms with Crippen molar-refractivity contribution in [1.29, 1.82) is 0 Å². The Kier molecular flexibility index (Phi) is 5.28. The minimum atomic E-state index is -0.763. The molecule has 4 heteroatoms. The van der Waals surface area contributed by atoms with Crippen molar-refractivity contribution >= 4 is 5.97 Å². The molecule has 0 atom stereocenters. The van der Waals surface area contributed by atoms with Gasteiger partial charge in [0.1, 0.15) is 6.42 Å². The molecule has 12 heavy (non-hydrogen) atoms. The van der Waals surface area contributed by atoms with Crippen molar-refractivity contribution in [3.05, 3.63) is 30.6 Å². The molecule has 0 saturated heterocycles. The maximum atomic E-state index is 10.2. The molecule has 3 nitrogen and oxygen atoms in total. The summed E-state index contributed by atoms with van der Waals surface area (Å²) in [6.07, 6.45) is 3.88. The van der Waals surface area contributed by atoms with Crippen molar-refractivity contribution in [2.24, 2.45) is 0 Å². The Balaban J connectivity index is 0.00000121. The van der Waals surface area contributed by atoms with E-state index in [1.165, 1.54) is 0 Å². The van der Waals surface area contributed by atoms with Crippen molar-refractivity contribution in [3.8, 4) is 0 Å². The third kappa shape index (κ3) is 4.08. The normalized spacial score (nSPS) is 8.67. The number of aryl methyl sites for hydroxylation is 1. The highest BCUT2D eigenvalue weighted by molar-refractivity contribution is 5.66. The van der Waals surface area contributed by atoms with E-state index in [-0.39, 0.29) is 23.4 Å². The molecule has 0 aromatic carbocycles. The fourth-order valence-corrected chi connectivity index (χ4v) is 0.808. The summed E-state index contributed by atoms with van der Waals surface area (Å²) >= 11 is 0. The second-order valence-corrected chi connectivity index (χ2v) is 2.26. The van der Waals surface area contributed by atoms with E-state index >= 15 is 0 Å². The van der Waals surface area contributed by atoms with Crippen LogP contribution in [0.4, 0.5) is 0 Å². The van der Waals surface area contributed by atoms with Gasteiger partial charge in [0, 0.05) is 12.1 Å². The molecule has 0 unspecified atom stereocenters. The minimum Gasteiger partial charge on any atom is -1.00 e. The van der Waals surface area contributed by atoms with Gasteiger partial charge in [-0.2, -0.15) is 0 Å². The summed E-state index contributed by atoms with van der Waals surface area (Å²) in [6.45, 7) is 0.538. The Hall–Kier alpha value is -0.900. The van der Waals surface area contributed by atoms with E-state index < -0.39 is 5.97 Å². The fraction of sp³-hybridized carbons (Fsp3) is 0.250. The summed E-state index contributed by atoms with van der Waals surface area (Å²) in [5, 5.41) is 8.36. The van der Waals surface area contributed by atoms with Crippen LogP contribution >= 0.6 is 0 Å². The van der Waals surface area contributed by atoms with Crippen molar-refractivity contribution in [2.45, 2.75) is 13.0 Å². The smallest absolute Gasteiger partial charge is 0.309 e. The predicted molar refractivity (Wildman–Crippen MR) is 38.9 cm³/mol. The van der Waals surface area contributed by atoms with Crippen LogP contribution in [-0.2, 0) is 11.3 Å². The van der Waals surface area contributed by atoms with Crippen molar-refractivity contribution in [3.63, 3.8) is 0 Å². The molecule has 1 N–H and O–H groups in total. The highest BCUT2D eigenvalue weighted by Crippen LogP contribution is 1.81. The Morgan fingerprint density at radius 1 is 1.25 bits per heavy atom. The van der Waals surface area contributed by atoms with Gasteiger partial charge in [0.2, 0.25) is 0 Å². The highest BCUT2D eigenvalue weighted by Gasteiger charge is 2.01. The van der Waals surface area contributed by atoms with Crippen LogP contribution in [-0.4, -0.2) is 11.1 Å². The van der Waals surface area contributed by atoms with Gasteiger partial charge < -0.3 is 22.1 Å². The number of hydrogen-bond donors (Lipinski definition) is 1. The molecule has 0 aliphatic rings. The van der Waals surface area contributed by atoms with Gasteiger partial charge in [-0.3, -0.25) is 4.79 Å². The van der Waals surface area contributed by atoms with Crippen LogP contribution in [0.1, 0.15) is 6.42 Å². The molecule has 1 rings (SSSR count). The number of halogens is 1. The number of pyridine rings is 1. The lowest BCUT2D eigenvalue weighted by atomic mass is 10.4. The molecular formula is C8H10BrNO2. The lowest BCUT2D eigenvalue weighted by molar-refractivity contribution is -0.696. The van der Waals surface area contributed by atoms with Gasteiger partial charge in [0.15, 0.2) is 18.9 Å². The van der Waals surface area contributed by atoms with E-state index in [0.29, 0.717) is 6.54 Å². The topological polar surface area (TPSA) is 41.2 Å². The average Bonchev–Trinajstić information content (AvgIpc) is 2.03. The second-order valence-electron chi connectivity index (χ2n) is 2.26. The lowest BCUT2D eigenvalue weighted by Crippen LogP contribution is -3.00. The Labute approximate surface area is 81.4 Å². The largest absolute Gasteiger partial charge is 1.00 e. The first-order valence-electron chi connectivity index (χ1n) is 3.45. The van der Waals surface area contributed by atoms with Crippen molar-refractivity contribution in [2.75, 3.05) is 0 Å². The molecule has 0 spiro atoms. The summed E-state index contributed by atoms with van der Waals surface area (Å²) in [6, 6.07) is 5.65. The Bertz CT molecular complexity index is 238. The summed E-state index contributed by atoms with van der Waals surface area (Å²) in [5.74, 6) is -0.763. The number of carboxylic acid groups (broad SMARTS) is 1. The van der Waals surface area contributed by atoms with Crippen LogP contribution in [0.2, 0.25) is 0 Å². The van der Waals surface area contributed by atoms with Crippen LogP contribution in [0.5, 0.6) is 0 Å². The van der Waals surface area contributed by atoms with E-state index in [1.54, 1.807) is 0 Å². The summed E-state index contributed by atoms with van der Waals surface area (Å²) in [4.78, 5) is 10.2. The molecule has 1 aromatic rings. The molecule has 0 aliphatic carbocycles. The van der Waals surface area contributed by atoms with E-state index in [0.717, 1.165) is 0 Å². The summed E-state index contributed by atoms with van der Waals surface area (Å²) < 4.78 is 1.84. The average molecular weight is 232 g/mol. The molecule has 66 valence electrons. The quantitative estimate of drug-likeness (QED) is 0.583. The van der Waals surface area contributed by atoms with E-state index in [9.17, 15) is 4.79 Å². The molecule has 0 fully saturated rings. The van der Waals surface area contributed by atoms with E-state index in [1.807, 2.05) is 35.2 Å². The Morgan fingerprint density at radius 2 is 1.83 bits per heavy atom. The zero-order valence-electron chi connectivity index (χ0n) is 6.48. The number of aliphatic carboxylic acids is 1. The molecule has 0 bridgehead atoms. The highest BCUT2D eigenvalue weighted by atomic mass is 79.9. The molecule has 0 amide bonds. The molecule has 1 aromatic heterocycles. The van der Waals surface area contributed by atoms with Crippen LogP contribution in [0, 0.1) is 0 Å². The van der Waals surface area contributed by atoms with E-state index in [2.05, 4.69) is 0 Å². The number of hydrogen-bond acceptors (Lipinski definition) is 1. The number of rotatable bonds is 3. The molecule has 0 saturated carbocycles. The number of aromatic nitrogens is 1. The monoisotopic (exact) mass is 231 g/mol. The van der Waals surface area contributed by atoms with Gasteiger partial charge in [0.25, 0.3) is 0 Å². The zero-order valence-corrected chi connectivity index (χ0v) is 8.07. The number of carboxylic acids is 1. The van der Waals surface area contributed by atoms with Gasteiger partial charge in [0.05, 0.1) is 0 Å². The van der Waals surface area contributed by atoms with Crippen LogP contribution < -0.4 is 21.5 Å². The standard InChI is InChI=1S/C8H9NO2.BrH/c10-8(11)4-7-9-5-2-1-3-6-9;/h1-3,5-6H,4,7H2;1H. The third-order valence-corrected chi connectivity index (χ3v) is 1.36. The summed E-state index contributed by atoms with van der Waals surface area (Å²) in [7, 11) is 0. The minimum absolute atomic E-state index is 0. The fourth-order valence-electron chi connectivity index (χ4n) is 0.808. The zero-order chi connectivity index (χ0) is 8.10. The van der Waals surface area contributed by atoms with Crippen molar-refractivity contribution in [1.82, 2.24) is 0 Å². The van der Waals surface area contributed by atoms with Crippen molar-refractivity contribution < 1.29 is 31.4 Å². The third-order valence-electron chi connectivity index (χ3n) is 1.36. The van der Waals surface area contributed by atoms with Crippen LogP contribution in [0.3, 0.4) is 0 Å². The number of nitrogens with zero attached hydrogens (tertiary/aromatic N) is 1. The maximum absolute atomic E-state index is 10.2. The first kappa shape index (κ1) is 11.1. The van der Waals surface area contributed by atoms with Gasteiger partial charge in [-0.05, 0) is 0 Å². The van der Waals surface area contributed by atoms with Crippen LogP contribution in [0.25, 0.3) is 0 Å². The molecule has 0 aliphatic heterocycles. The lowest BCUT2D eigenvalue weighted by Gasteiger charge is -1.90. The molecule has 0 radical (unpaired) electrons. The predicted octanol–water partition coefficient (Wildman–Crippen LogP) is -2.55. The second kappa shape index (κ2) is 5.71. The first-order valence-corrected chi connectivity index (χ1v) is 3.45. The van der Waals surface area contributed by atoms with Gasteiger partial charge in [-0.25, -0.2) is 4.57 Å². The van der Waals surface area contributed by atoms with Gasteiger partial charge in [-0.15, -0.1) is 0 Å². The SMILES string of the molecule is O=C(O)CC[n+]1ccccc1.[Br-]. The molecule has 1 heterocycles. The van der Waals surface area contributed by atoms with Gasteiger partial charge in [-0.1, -0.05) is 6.07 Å². The Morgan fingerprint density at radius 3 is 2.33 bits per heavy atom. The maximum Gasteiger partial charge on any atom is 0.309 e.